The van der Waals surface area contributed by atoms with Crippen LogP contribution >= 0.6 is 0 Å². The summed E-state index contributed by atoms with van der Waals surface area (Å²) >= 11 is 0. The van der Waals surface area contributed by atoms with Gasteiger partial charge in [0.2, 0.25) is 5.91 Å². The monoisotopic (exact) mass is 344 g/mol. The largest absolute Gasteiger partial charge is 0.388 e. The molecule has 0 aliphatic heterocycles. The summed E-state index contributed by atoms with van der Waals surface area (Å²) in [6.07, 6.45) is 9.94. The fourth-order valence-electron chi connectivity index (χ4n) is 2.84. The van der Waals surface area contributed by atoms with Crippen LogP contribution < -0.4 is 10.5 Å². The van der Waals surface area contributed by atoms with E-state index in [0.29, 0.717) is 17.3 Å². The maximum absolute atomic E-state index is 12.3. The summed E-state index contributed by atoms with van der Waals surface area (Å²) in [4.78, 5) is 29.9. The van der Waals surface area contributed by atoms with Crippen LogP contribution in [-0.2, 0) is 4.79 Å². The van der Waals surface area contributed by atoms with Gasteiger partial charge in [-0.25, -0.2) is 4.79 Å². The molecular weight excluding hydrogens is 316 g/mol. The number of nitrogens with zero attached hydrogens (tertiary/aromatic N) is 2. The van der Waals surface area contributed by atoms with Gasteiger partial charge in [-0.3, -0.25) is 9.69 Å². The minimum absolute atomic E-state index is 0.0632. The van der Waals surface area contributed by atoms with Crippen LogP contribution in [0.2, 0.25) is 0 Å². The lowest BCUT2D eigenvalue weighted by atomic mass is 10.1. The van der Waals surface area contributed by atoms with Gasteiger partial charge >= 0.3 is 11.6 Å². The third-order valence-corrected chi connectivity index (χ3v) is 4.43. The van der Waals surface area contributed by atoms with Crippen LogP contribution in [0, 0.1) is 0 Å². The molecule has 0 aliphatic carbocycles. The fraction of sp³-hybridized carbons (Fsp3) is 0.550. The minimum Gasteiger partial charge on any atom is -0.388 e. The molecule has 1 amide bonds. The third kappa shape index (κ3) is 5.69. The number of rotatable bonds is 10. The predicted octanol–water partition coefficient (Wildman–Crippen LogP) is 4.68. The maximum Gasteiger partial charge on any atom is 0.348 e. The van der Waals surface area contributed by atoms with E-state index in [1.807, 2.05) is 0 Å². The number of para-hydroxylation sites is 1. The number of fused-ring (bicyclic) bond motifs is 1. The molecule has 5 heteroatoms. The van der Waals surface area contributed by atoms with Gasteiger partial charge in [0.25, 0.3) is 0 Å². The van der Waals surface area contributed by atoms with Crippen molar-refractivity contribution in [3.63, 3.8) is 0 Å². The second kappa shape index (κ2) is 9.97. The van der Waals surface area contributed by atoms with Crippen molar-refractivity contribution in [3.05, 3.63) is 34.7 Å². The molecule has 0 fully saturated rings. The van der Waals surface area contributed by atoms with E-state index in [1.54, 1.807) is 31.3 Å². The summed E-state index contributed by atoms with van der Waals surface area (Å²) < 4.78 is 5.19. The van der Waals surface area contributed by atoms with Gasteiger partial charge in [-0.05, 0) is 18.6 Å². The molecule has 0 radical (unpaired) electrons. The molecule has 25 heavy (non-hydrogen) atoms. The summed E-state index contributed by atoms with van der Waals surface area (Å²) in [6, 6.07) is 7.04. The number of anilines is 1. The summed E-state index contributed by atoms with van der Waals surface area (Å²) in [5.74, 6) is -0.0723. The molecule has 5 nitrogen and oxygen atoms in total. The van der Waals surface area contributed by atoms with Gasteiger partial charge < -0.3 is 4.42 Å². The van der Waals surface area contributed by atoms with Crippen molar-refractivity contribution in [2.75, 3.05) is 11.9 Å². The van der Waals surface area contributed by atoms with E-state index in [1.165, 1.54) is 43.4 Å². The van der Waals surface area contributed by atoms with Crippen molar-refractivity contribution in [3.8, 4) is 0 Å². The molecular formula is C20H28N2O3. The van der Waals surface area contributed by atoms with Crippen LogP contribution in [0.4, 0.5) is 6.01 Å². The SMILES string of the molecule is CCCCCCCCCCC(=O)N(C)c1nc2ccccc2c(=O)o1. The Kier molecular flexibility index (Phi) is 7.64. The number of carbonyl (C=O) groups is 1. The molecule has 0 unspecified atom stereocenters. The smallest absolute Gasteiger partial charge is 0.348 e. The van der Waals surface area contributed by atoms with E-state index in [0.717, 1.165) is 12.8 Å². The summed E-state index contributed by atoms with van der Waals surface area (Å²) in [5, 5.41) is 0.426. The Bertz CT molecular complexity index is 739. The van der Waals surface area contributed by atoms with E-state index in [-0.39, 0.29) is 11.9 Å². The summed E-state index contributed by atoms with van der Waals surface area (Å²) in [7, 11) is 1.60. The lowest BCUT2D eigenvalue weighted by Gasteiger charge is -2.14. The average molecular weight is 344 g/mol. The molecule has 1 aromatic heterocycles. The van der Waals surface area contributed by atoms with Gasteiger partial charge in [0, 0.05) is 13.5 Å². The number of unbranched alkanes of at least 4 members (excludes halogenated alkanes) is 7. The topological polar surface area (TPSA) is 63.4 Å². The van der Waals surface area contributed by atoms with Gasteiger partial charge in [-0.15, -0.1) is 0 Å². The molecule has 0 saturated carbocycles. The van der Waals surface area contributed by atoms with Crippen LogP contribution in [0.5, 0.6) is 0 Å². The predicted molar refractivity (Wildman–Crippen MR) is 101 cm³/mol. The van der Waals surface area contributed by atoms with E-state index in [4.69, 9.17) is 4.42 Å². The van der Waals surface area contributed by atoms with E-state index in [2.05, 4.69) is 11.9 Å². The Labute approximate surface area is 149 Å². The highest BCUT2D eigenvalue weighted by Gasteiger charge is 2.16. The zero-order valence-corrected chi connectivity index (χ0v) is 15.3. The lowest BCUT2D eigenvalue weighted by molar-refractivity contribution is -0.118. The summed E-state index contributed by atoms with van der Waals surface area (Å²) in [6.45, 7) is 2.22. The third-order valence-electron chi connectivity index (χ3n) is 4.43. The molecule has 136 valence electrons. The zero-order valence-electron chi connectivity index (χ0n) is 15.3. The number of aromatic nitrogens is 1. The van der Waals surface area contributed by atoms with Crippen LogP contribution in [-0.4, -0.2) is 17.9 Å². The lowest BCUT2D eigenvalue weighted by Crippen LogP contribution is -2.27. The Hall–Kier alpha value is -2.17. The molecule has 0 saturated heterocycles. The number of hydrogen-bond acceptors (Lipinski definition) is 4. The Balaban J connectivity index is 1.81. The molecule has 0 aliphatic rings. The second-order valence-electron chi connectivity index (χ2n) is 6.48. The Morgan fingerprint density at radius 1 is 1.04 bits per heavy atom. The van der Waals surface area contributed by atoms with E-state index in [9.17, 15) is 9.59 Å². The van der Waals surface area contributed by atoms with Crippen LogP contribution in [0.3, 0.4) is 0 Å². The van der Waals surface area contributed by atoms with Crippen molar-refractivity contribution in [2.24, 2.45) is 0 Å². The van der Waals surface area contributed by atoms with Crippen LogP contribution in [0.15, 0.2) is 33.5 Å². The van der Waals surface area contributed by atoms with Crippen LogP contribution in [0.25, 0.3) is 10.9 Å². The quantitative estimate of drug-likeness (QED) is 0.587. The van der Waals surface area contributed by atoms with Crippen molar-refractivity contribution in [2.45, 2.75) is 64.7 Å². The van der Waals surface area contributed by atoms with Crippen LogP contribution in [0.1, 0.15) is 64.7 Å². The molecule has 2 rings (SSSR count). The second-order valence-corrected chi connectivity index (χ2v) is 6.48. The molecule has 0 bridgehead atoms. The first-order valence-corrected chi connectivity index (χ1v) is 9.30. The van der Waals surface area contributed by atoms with Gasteiger partial charge in [-0.2, -0.15) is 4.98 Å². The highest BCUT2D eigenvalue weighted by molar-refractivity contribution is 5.91. The minimum atomic E-state index is -0.465. The molecule has 0 atom stereocenters. The molecule has 0 spiro atoms. The van der Waals surface area contributed by atoms with Crippen molar-refractivity contribution in [1.82, 2.24) is 4.98 Å². The van der Waals surface area contributed by atoms with Gasteiger partial charge in [0.05, 0.1) is 10.9 Å². The van der Waals surface area contributed by atoms with Crippen molar-refractivity contribution < 1.29 is 9.21 Å². The number of carbonyl (C=O) groups excluding carboxylic acids is 1. The fourth-order valence-corrected chi connectivity index (χ4v) is 2.84. The highest BCUT2D eigenvalue weighted by Crippen LogP contribution is 2.15. The zero-order chi connectivity index (χ0) is 18.1. The van der Waals surface area contributed by atoms with Gasteiger partial charge in [0.1, 0.15) is 0 Å². The van der Waals surface area contributed by atoms with Crippen molar-refractivity contribution in [1.29, 1.82) is 0 Å². The highest BCUT2D eigenvalue weighted by atomic mass is 16.4. The van der Waals surface area contributed by atoms with E-state index < -0.39 is 5.63 Å². The number of amides is 1. The molecule has 1 aromatic carbocycles. The Morgan fingerprint density at radius 3 is 2.40 bits per heavy atom. The summed E-state index contributed by atoms with van der Waals surface area (Å²) in [5.41, 5.74) is 0.0767. The molecule has 1 heterocycles. The maximum atomic E-state index is 12.3. The average Bonchev–Trinajstić information content (AvgIpc) is 2.63. The first-order chi connectivity index (χ1) is 12.1. The van der Waals surface area contributed by atoms with Crippen molar-refractivity contribution >= 4 is 22.8 Å². The standard InChI is InChI=1S/C20H28N2O3/c1-3-4-5-6-7-8-9-10-15-18(23)22(2)20-21-17-14-12-11-13-16(17)19(24)25-20/h11-14H,3-10,15H2,1-2H3. The molecule has 2 aromatic rings. The first kappa shape index (κ1) is 19.2. The first-order valence-electron chi connectivity index (χ1n) is 9.30. The number of benzene rings is 1. The molecule has 0 N–H and O–H groups in total. The van der Waals surface area contributed by atoms with E-state index >= 15 is 0 Å². The van der Waals surface area contributed by atoms with Gasteiger partial charge in [-0.1, -0.05) is 64.0 Å². The number of hydrogen-bond donors (Lipinski definition) is 0. The van der Waals surface area contributed by atoms with Gasteiger partial charge in [0.15, 0.2) is 0 Å². The normalized spacial score (nSPS) is 11.0. The Morgan fingerprint density at radius 2 is 1.68 bits per heavy atom.